The van der Waals surface area contributed by atoms with E-state index in [4.69, 9.17) is 9.73 Å². The van der Waals surface area contributed by atoms with Crippen molar-refractivity contribution in [1.82, 2.24) is 15.2 Å². The van der Waals surface area contributed by atoms with Crippen molar-refractivity contribution in [3.05, 3.63) is 24.4 Å². The van der Waals surface area contributed by atoms with E-state index in [0.717, 1.165) is 70.6 Å². The molecule has 0 bridgehead atoms. The van der Waals surface area contributed by atoms with Crippen molar-refractivity contribution in [2.75, 3.05) is 51.3 Å². The van der Waals surface area contributed by atoms with E-state index in [0.29, 0.717) is 5.41 Å². The Hall–Kier alpha value is -1.09. The molecule has 2 N–H and O–H groups in total. The lowest BCUT2D eigenvalue weighted by Gasteiger charge is -2.25. The molecular weight excluding hydrogens is 441 g/mol. The molecule has 2 fully saturated rings. The van der Waals surface area contributed by atoms with Gasteiger partial charge in [0.1, 0.15) is 5.82 Å². The molecule has 0 aliphatic carbocycles. The van der Waals surface area contributed by atoms with Gasteiger partial charge in [-0.05, 0) is 44.7 Å². The van der Waals surface area contributed by atoms with Crippen molar-refractivity contribution in [3.63, 3.8) is 0 Å². The summed E-state index contributed by atoms with van der Waals surface area (Å²) in [6.45, 7) is 8.87. The fraction of sp³-hybridized carbons (Fsp3) is 0.684. The van der Waals surface area contributed by atoms with Gasteiger partial charge in [0.2, 0.25) is 0 Å². The number of aromatic nitrogens is 1. The third-order valence-electron chi connectivity index (χ3n) is 5.08. The lowest BCUT2D eigenvalue weighted by Crippen LogP contribution is -2.41. The van der Waals surface area contributed by atoms with E-state index >= 15 is 0 Å². The molecule has 1 unspecified atom stereocenters. The lowest BCUT2D eigenvalue weighted by molar-refractivity contribution is 0.156. The highest BCUT2D eigenvalue weighted by molar-refractivity contribution is 14.0. The zero-order valence-corrected chi connectivity index (χ0v) is 18.1. The highest BCUT2D eigenvalue weighted by Gasteiger charge is 2.42. The molecule has 3 rings (SSSR count). The van der Waals surface area contributed by atoms with Crippen LogP contribution in [-0.4, -0.2) is 61.8 Å². The Morgan fingerprint density at radius 3 is 3.00 bits per heavy atom. The van der Waals surface area contributed by atoms with E-state index in [1.807, 2.05) is 24.4 Å². The first kappa shape index (κ1) is 21.2. The second-order valence-electron chi connectivity index (χ2n) is 7.06. The van der Waals surface area contributed by atoms with Crippen LogP contribution in [0.25, 0.3) is 0 Å². The van der Waals surface area contributed by atoms with Gasteiger partial charge in [0.05, 0.1) is 6.61 Å². The SMILES string of the molecule is CCNC(=NCCCCNc1ccccn1)N1CCC2(CCOC2)C1.I. The minimum Gasteiger partial charge on any atom is -0.381 e. The number of rotatable bonds is 7. The fourth-order valence-electron chi connectivity index (χ4n) is 3.62. The number of aliphatic imine (C=N–C) groups is 1. The van der Waals surface area contributed by atoms with E-state index in [1.165, 1.54) is 12.8 Å². The first-order chi connectivity index (χ1) is 12.3. The number of halogens is 1. The lowest BCUT2D eigenvalue weighted by atomic mass is 9.87. The number of ether oxygens (including phenoxy) is 1. The van der Waals surface area contributed by atoms with Gasteiger partial charge >= 0.3 is 0 Å². The molecule has 0 aromatic carbocycles. The topological polar surface area (TPSA) is 61.8 Å². The van der Waals surface area contributed by atoms with Crippen LogP contribution < -0.4 is 10.6 Å². The highest BCUT2D eigenvalue weighted by Crippen LogP contribution is 2.38. The largest absolute Gasteiger partial charge is 0.381 e. The first-order valence-corrected chi connectivity index (χ1v) is 9.57. The third kappa shape index (κ3) is 5.97. The van der Waals surface area contributed by atoms with Gasteiger partial charge in [-0.2, -0.15) is 0 Å². The summed E-state index contributed by atoms with van der Waals surface area (Å²) in [5.41, 5.74) is 0.378. The van der Waals surface area contributed by atoms with Crippen LogP contribution in [0.1, 0.15) is 32.6 Å². The zero-order chi connectivity index (χ0) is 17.4. The second kappa shape index (κ2) is 10.9. The number of anilines is 1. The summed E-state index contributed by atoms with van der Waals surface area (Å²) in [5.74, 6) is 2.02. The van der Waals surface area contributed by atoms with Gasteiger partial charge in [-0.15, -0.1) is 24.0 Å². The third-order valence-corrected chi connectivity index (χ3v) is 5.08. The minimum absolute atomic E-state index is 0. The van der Waals surface area contributed by atoms with E-state index in [-0.39, 0.29) is 24.0 Å². The Bertz CT molecular complexity index is 548. The predicted molar refractivity (Wildman–Crippen MR) is 117 cm³/mol. The molecule has 2 saturated heterocycles. The van der Waals surface area contributed by atoms with Gasteiger partial charge in [-0.1, -0.05) is 6.07 Å². The molecule has 0 radical (unpaired) electrons. The molecule has 6 nitrogen and oxygen atoms in total. The average Bonchev–Trinajstić information content (AvgIpc) is 3.28. The van der Waals surface area contributed by atoms with E-state index < -0.39 is 0 Å². The highest BCUT2D eigenvalue weighted by atomic mass is 127. The van der Waals surface area contributed by atoms with Gasteiger partial charge in [0.25, 0.3) is 0 Å². The van der Waals surface area contributed by atoms with Gasteiger partial charge in [-0.25, -0.2) is 4.98 Å². The molecule has 1 atom stereocenters. The Balaban J connectivity index is 0.00000243. The quantitative estimate of drug-likeness (QED) is 0.276. The molecule has 2 aliphatic heterocycles. The molecule has 7 heteroatoms. The number of hydrogen-bond donors (Lipinski definition) is 2. The standard InChI is InChI=1S/C19H31N5O.HI/c1-2-20-18(24-13-8-19(15-24)9-14-25-16-19)23-12-6-5-11-22-17-7-3-4-10-21-17;/h3-4,7,10H,2,5-6,8-9,11-16H2,1H3,(H,20,23)(H,21,22);1H. The monoisotopic (exact) mass is 473 g/mol. The summed E-state index contributed by atoms with van der Waals surface area (Å²) in [4.78, 5) is 11.5. The van der Waals surface area contributed by atoms with Crippen LogP contribution in [0.4, 0.5) is 5.82 Å². The van der Waals surface area contributed by atoms with Crippen LogP contribution in [0, 0.1) is 5.41 Å². The van der Waals surface area contributed by atoms with Crippen LogP contribution in [-0.2, 0) is 4.74 Å². The van der Waals surface area contributed by atoms with Crippen molar-refractivity contribution in [1.29, 1.82) is 0 Å². The van der Waals surface area contributed by atoms with Gasteiger partial charge in [0, 0.05) is 50.9 Å². The maximum absolute atomic E-state index is 5.63. The number of pyridine rings is 1. The van der Waals surface area contributed by atoms with Crippen molar-refractivity contribution < 1.29 is 4.74 Å². The normalized spacial score (nSPS) is 22.5. The van der Waals surface area contributed by atoms with E-state index in [1.54, 1.807) is 0 Å². The molecule has 2 aliphatic rings. The number of hydrogen-bond acceptors (Lipinski definition) is 4. The van der Waals surface area contributed by atoms with Crippen LogP contribution in [0.2, 0.25) is 0 Å². The van der Waals surface area contributed by atoms with Crippen molar-refractivity contribution in [2.24, 2.45) is 10.4 Å². The smallest absolute Gasteiger partial charge is 0.193 e. The average molecular weight is 473 g/mol. The summed E-state index contributed by atoms with van der Waals surface area (Å²) in [5, 5.41) is 6.80. The Morgan fingerprint density at radius 2 is 2.27 bits per heavy atom. The van der Waals surface area contributed by atoms with Gasteiger partial charge in [0.15, 0.2) is 5.96 Å². The van der Waals surface area contributed by atoms with Gasteiger partial charge < -0.3 is 20.3 Å². The Morgan fingerprint density at radius 1 is 1.35 bits per heavy atom. The number of nitrogens with one attached hydrogen (secondary N) is 2. The maximum Gasteiger partial charge on any atom is 0.193 e. The summed E-state index contributed by atoms with van der Waals surface area (Å²) in [7, 11) is 0. The van der Waals surface area contributed by atoms with Crippen molar-refractivity contribution >= 4 is 35.8 Å². The minimum atomic E-state index is 0. The van der Waals surface area contributed by atoms with Gasteiger partial charge in [-0.3, -0.25) is 4.99 Å². The van der Waals surface area contributed by atoms with E-state index in [9.17, 15) is 0 Å². The van der Waals surface area contributed by atoms with E-state index in [2.05, 4.69) is 27.4 Å². The summed E-state index contributed by atoms with van der Waals surface area (Å²) in [6.07, 6.45) is 6.41. The number of unbranched alkanes of at least 4 members (excludes halogenated alkanes) is 1. The van der Waals surface area contributed by atoms with Crippen molar-refractivity contribution in [3.8, 4) is 0 Å². The molecule has 26 heavy (non-hydrogen) atoms. The van der Waals surface area contributed by atoms with Crippen molar-refractivity contribution in [2.45, 2.75) is 32.6 Å². The molecule has 146 valence electrons. The predicted octanol–water partition coefficient (Wildman–Crippen LogP) is 2.97. The maximum atomic E-state index is 5.63. The fourth-order valence-corrected chi connectivity index (χ4v) is 3.62. The molecule has 3 heterocycles. The summed E-state index contributed by atoms with van der Waals surface area (Å²) >= 11 is 0. The van der Waals surface area contributed by atoms with Crippen LogP contribution >= 0.6 is 24.0 Å². The molecule has 1 aromatic heterocycles. The molecule has 1 spiro atoms. The zero-order valence-electron chi connectivity index (χ0n) is 15.7. The molecule has 1 aromatic rings. The Labute approximate surface area is 174 Å². The number of likely N-dealkylation sites (tertiary alicyclic amines) is 1. The first-order valence-electron chi connectivity index (χ1n) is 9.57. The number of nitrogens with zero attached hydrogens (tertiary/aromatic N) is 3. The second-order valence-corrected chi connectivity index (χ2v) is 7.06. The summed E-state index contributed by atoms with van der Waals surface area (Å²) < 4.78 is 5.63. The molecule has 0 saturated carbocycles. The van der Waals surface area contributed by atoms with Crippen LogP contribution in [0.3, 0.4) is 0 Å². The number of guanidine groups is 1. The van der Waals surface area contributed by atoms with Crippen LogP contribution in [0.5, 0.6) is 0 Å². The molecule has 0 amide bonds. The molecular formula is C19H32IN5O. The summed E-state index contributed by atoms with van der Waals surface area (Å²) in [6, 6.07) is 5.93. The van der Waals surface area contributed by atoms with Crippen LogP contribution in [0.15, 0.2) is 29.4 Å². The Kier molecular flexibility index (Phi) is 8.90.